The van der Waals surface area contributed by atoms with E-state index >= 15 is 0 Å². The van der Waals surface area contributed by atoms with Gasteiger partial charge in [-0.3, -0.25) is 4.79 Å². The number of fused-ring (bicyclic) bond motifs is 1. The number of thioether (sulfide) groups is 1. The van der Waals surface area contributed by atoms with Gasteiger partial charge in [-0.15, -0.1) is 0 Å². The lowest BCUT2D eigenvalue weighted by Gasteiger charge is -2.36. The Morgan fingerprint density at radius 2 is 1.82 bits per heavy atom. The van der Waals surface area contributed by atoms with E-state index in [1.807, 2.05) is 71.8 Å². The van der Waals surface area contributed by atoms with Crippen molar-refractivity contribution in [2.75, 3.05) is 12.4 Å². The lowest BCUT2D eigenvalue weighted by Crippen LogP contribution is -2.37. The van der Waals surface area contributed by atoms with E-state index in [0.717, 1.165) is 22.1 Å². The number of aliphatic imine (C=N–C) groups is 1. The molecular formula is C27H29N3O3S. The number of esters is 1. The molecule has 2 aromatic carbocycles. The van der Waals surface area contributed by atoms with Gasteiger partial charge in [0.1, 0.15) is 0 Å². The summed E-state index contributed by atoms with van der Waals surface area (Å²) >= 11 is 1.47. The zero-order valence-corrected chi connectivity index (χ0v) is 20.7. The minimum absolute atomic E-state index is 0.123. The molecule has 2 heterocycles. The fourth-order valence-electron chi connectivity index (χ4n) is 4.18. The Kier molecular flexibility index (Phi) is 7.22. The monoisotopic (exact) mass is 475 g/mol. The summed E-state index contributed by atoms with van der Waals surface area (Å²) in [6.07, 6.45) is 0.769. The molecule has 0 spiro atoms. The van der Waals surface area contributed by atoms with E-state index in [9.17, 15) is 9.59 Å². The number of amides is 1. The zero-order chi connectivity index (χ0) is 24.2. The molecule has 0 bridgehead atoms. The van der Waals surface area contributed by atoms with Crippen molar-refractivity contribution in [2.45, 2.75) is 45.6 Å². The summed E-state index contributed by atoms with van der Waals surface area (Å²) in [5.74, 6) is -0.0937. The van der Waals surface area contributed by atoms with E-state index < -0.39 is 12.0 Å². The van der Waals surface area contributed by atoms with Gasteiger partial charge in [0, 0.05) is 11.4 Å². The van der Waals surface area contributed by atoms with Crippen molar-refractivity contribution in [2.24, 2.45) is 4.99 Å². The Morgan fingerprint density at radius 1 is 1.12 bits per heavy atom. The predicted octanol–water partition coefficient (Wildman–Crippen LogP) is 5.98. The summed E-state index contributed by atoms with van der Waals surface area (Å²) in [6.45, 7) is 6.26. The molecule has 2 aliphatic rings. The van der Waals surface area contributed by atoms with Gasteiger partial charge in [0.15, 0.2) is 5.17 Å². The largest absolute Gasteiger partial charge is 0.466 e. The Bertz CT molecular complexity index is 1170. The van der Waals surface area contributed by atoms with Gasteiger partial charge in [0.05, 0.1) is 30.8 Å². The van der Waals surface area contributed by atoms with E-state index in [1.165, 1.54) is 24.4 Å². The summed E-state index contributed by atoms with van der Waals surface area (Å²) in [5, 5.41) is 5.71. The number of hydrogen-bond donors (Lipinski definition) is 1. The Labute approximate surface area is 204 Å². The topological polar surface area (TPSA) is 71.0 Å². The van der Waals surface area contributed by atoms with Crippen LogP contribution in [-0.4, -0.2) is 29.1 Å². The maximum atomic E-state index is 13.0. The Hall–Kier alpha value is -3.32. The molecule has 0 fully saturated rings. The second-order valence-corrected chi connectivity index (χ2v) is 9.35. The van der Waals surface area contributed by atoms with Crippen molar-refractivity contribution < 1.29 is 14.3 Å². The third-order valence-corrected chi connectivity index (χ3v) is 6.84. The highest BCUT2D eigenvalue weighted by molar-refractivity contribution is 8.16. The van der Waals surface area contributed by atoms with Gasteiger partial charge < -0.3 is 15.0 Å². The third kappa shape index (κ3) is 4.80. The Balaban J connectivity index is 1.61. The van der Waals surface area contributed by atoms with Gasteiger partial charge in [-0.25, -0.2) is 9.79 Å². The van der Waals surface area contributed by atoms with Crippen LogP contribution in [0.25, 0.3) is 0 Å². The highest BCUT2D eigenvalue weighted by Gasteiger charge is 2.41. The molecule has 34 heavy (non-hydrogen) atoms. The number of carbonyl (C=O) groups is 2. The van der Waals surface area contributed by atoms with Gasteiger partial charge in [0.25, 0.3) is 0 Å². The Morgan fingerprint density at radius 3 is 2.44 bits per heavy atom. The molecule has 2 aromatic rings. The van der Waals surface area contributed by atoms with Crippen LogP contribution in [0.5, 0.6) is 0 Å². The number of benzene rings is 2. The number of allylic oxidation sites excluding steroid dienone is 1. The number of hydrogen-bond acceptors (Lipinski definition) is 6. The standard InChI is InChI=1S/C27H29N3O3S/c1-5-22-24(26(32)33-4)25(19-9-7-6-8-10-19)30-21(16-34-27(30)29-22)15-23(31)28-20-13-11-18(12-14-20)17(2)3/h6-14,16-17,25H,5,15H2,1-4H3,(H,28,31)/t25-/m0/s1. The summed E-state index contributed by atoms with van der Waals surface area (Å²) in [5.41, 5.74) is 4.95. The van der Waals surface area contributed by atoms with Crippen LogP contribution in [0, 0.1) is 0 Å². The molecule has 0 saturated carbocycles. The highest BCUT2D eigenvalue weighted by Crippen LogP contribution is 2.45. The molecule has 0 aliphatic carbocycles. The molecule has 176 valence electrons. The third-order valence-electron chi connectivity index (χ3n) is 5.95. The molecule has 0 aromatic heterocycles. The van der Waals surface area contributed by atoms with Crippen LogP contribution in [0.1, 0.15) is 56.7 Å². The van der Waals surface area contributed by atoms with E-state index in [-0.39, 0.29) is 12.3 Å². The smallest absolute Gasteiger partial charge is 0.338 e. The first kappa shape index (κ1) is 23.8. The lowest BCUT2D eigenvalue weighted by atomic mass is 9.93. The van der Waals surface area contributed by atoms with Crippen LogP contribution in [-0.2, 0) is 14.3 Å². The van der Waals surface area contributed by atoms with Crippen LogP contribution in [0.3, 0.4) is 0 Å². The van der Waals surface area contributed by atoms with E-state index in [2.05, 4.69) is 19.2 Å². The van der Waals surface area contributed by atoms with Gasteiger partial charge >= 0.3 is 5.97 Å². The van der Waals surface area contributed by atoms with Gasteiger partial charge in [-0.05, 0) is 41.0 Å². The molecule has 1 N–H and O–H groups in total. The summed E-state index contributed by atoms with van der Waals surface area (Å²) in [7, 11) is 1.39. The average Bonchev–Trinajstić information content (AvgIpc) is 3.25. The minimum Gasteiger partial charge on any atom is -0.466 e. The minimum atomic E-state index is -0.407. The zero-order valence-electron chi connectivity index (χ0n) is 19.9. The number of methoxy groups -OCH3 is 1. The van der Waals surface area contributed by atoms with E-state index in [0.29, 0.717) is 23.6 Å². The number of nitrogens with zero attached hydrogens (tertiary/aromatic N) is 2. The molecule has 1 atom stereocenters. The van der Waals surface area contributed by atoms with Crippen molar-refractivity contribution in [3.63, 3.8) is 0 Å². The molecule has 1 amide bonds. The maximum absolute atomic E-state index is 13.0. The number of carbonyl (C=O) groups excluding carboxylic acids is 2. The normalized spacial score (nSPS) is 17.3. The maximum Gasteiger partial charge on any atom is 0.338 e. The fraction of sp³-hybridized carbons (Fsp3) is 0.296. The van der Waals surface area contributed by atoms with Gasteiger partial charge in [-0.1, -0.05) is 75.0 Å². The summed E-state index contributed by atoms with van der Waals surface area (Å²) < 4.78 is 5.15. The van der Waals surface area contributed by atoms with Crippen LogP contribution < -0.4 is 5.32 Å². The van der Waals surface area contributed by atoms with Crippen LogP contribution in [0.4, 0.5) is 5.69 Å². The van der Waals surface area contributed by atoms with Crippen LogP contribution in [0.15, 0.2) is 82.0 Å². The van der Waals surface area contributed by atoms with Crippen LogP contribution >= 0.6 is 11.8 Å². The van der Waals surface area contributed by atoms with Crippen molar-refractivity contribution >= 4 is 34.5 Å². The number of anilines is 1. The number of nitrogens with one attached hydrogen (secondary N) is 1. The molecule has 7 heteroatoms. The van der Waals surface area contributed by atoms with Crippen molar-refractivity contribution in [1.82, 2.24) is 4.90 Å². The molecule has 2 aliphatic heterocycles. The number of amidine groups is 1. The summed E-state index contributed by atoms with van der Waals surface area (Å²) in [6, 6.07) is 17.3. The molecule has 6 nitrogen and oxygen atoms in total. The SMILES string of the molecule is CCC1=C(C(=O)OC)[C@H](c2ccccc2)N2C(CC(=O)Nc3ccc(C(C)C)cc3)=CSC2=N1. The summed E-state index contributed by atoms with van der Waals surface area (Å²) in [4.78, 5) is 32.6. The van der Waals surface area contributed by atoms with Gasteiger partial charge in [-0.2, -0.15) is 0 Å². The van der Waals surface area contributed by atoms with Gasteiger partial charge in [0.2, 0.25) is 5.91 Å². The molecule has 0 radical (unpaired) electrons. The number of ether oxygens (including phenoxy) is 1. The van der Waals surface area contributed by atoms with Crippen molar-refractivity contribution in [3.05, 3.63) is 88.1 Å². The first-order chi connectivity index (χ1) is 16.4. The fourth-order valence-corrected chi connectivity index (χ4v) is 5.12. The second-order valence-electron chi connectivity index (χ2n) is 8.51. The van der Waals surface area contributed by atoms with E-state index in [1.54, 1.807) is 0 Å². The first-order valence-electron chi connectivity index (χ1n) is 11.4. The quantitative estimate of drug-likeness (QED) is 0.499. The highest BCUT2D eigenvalue weighted by atomic mass is 32.2. The second kappa shape index (κ2) is 10.3. The predicted molar refractivity (Wildman–Crippen MR) is 137 cm³/mol. The average molecular weight is 476 g/mol. The molecular weight excluding hydrogens is 446 g/mol. The molecule has 0 unspecified atom stereocenters. The molecule has 4 rings (SSSR count). The van der Waals surface area contributed by atoms with Crippen molar-refractivity contribution in [3.8, 4) is 0 Å². The van der Waals surface area contributed by atoms with Crippen molar-refractivity contribution in [1.29, 1.82) is 0 Å². The first-order valence-corrected chi connectivity index (χ1v) is 12.3. The van der Waals surface area contributed by atoms with E-state index in [4.69, 9.17) is 9.73 Å². The lowest BCUT2D eigenvalue weighted by molar-refractivity contribution is -0.136. The van der Waals surface area contributed by atoms with Crippen LogP contribution in [0.2, 0.25) is 0 Å². The number of rotatable bonds is 7. The molecule has 0 saturated heterocycles.